The molecule has 1 aromatic carbocycles. The Kier molecular flexibility index (Phi) is 5.97. The normalized spacial score (nSPS) is 10.3. The van der Waals surface area contributed by atoms with Gasteiger partial charge in [0.15, 0.2) is 0 Å². The van der Waals surface area contributed by atoms with Crippen LogP contribution in [-0.2, 0) is 11.3 Å². The van der Waals surface area contributed by atoms with Gasteiger partial charge in [0.2, 0.25) is 0 Å². The highest BCUT2D eigenvalue weighted by Gasteiger charge is 2.02. The van der Waals surface area contributed by atoms with Crippen LogP contribution >= 0.6 is 22.6 Å². The zero-order chi connectivity index (χ0) is 11.1. The van der Waals surface area contributed by atoms with Crippen molar-refractivity contribution in [3.8, 4) is 5.75 Å². The molecule has 0 aliphatic heterocycles. The van der Waals surface area contributed by atoms with Crippen molar-refractivity contribution in [1.82, 2.24) is 0 Å². The van der Waals surface area contributed by atoms with Crippen molar-refractivity contribution in [2.75, 3.05) is 19.8 Å². The first-order valence-corrected chi connectivity index (χ1v) is 5.95. The lowest BCUT2D eigenvalue weighted by molar-refractivity contribution is 0.110. The Hall–Kier alpha value is -0.330. The summed E-state index contributed by atoms with van der Waals surface area (Å²) < 4.78 is 11.8. The summed E-state index contributed by atoms with van der Waals surface area (Å²) in [5.41, 5.74) is 0.863. The molecule has 0 bridgehead atoms. The molecule has 1 rings (SSSR count). The van der Waals surface area contributed by atoms with Crippen LogP contribution in [-0.4, -0.2) is 24.9 Å². The van der Waals surface area contributed by atoms with Crippen molar-refractivity contribution in [3.63, 3.8) is 0 Å². The van der Waals surface area contributed by atoms with Crippen LogP contribution in [0, 0.1) is 3.57 Å². The van der Waals surface area contributed by atoms with Crippen LogP contribution in [0.15, 0.2) is 18.2 Å². The van der Waals surface area contributed by atoms with Gasteiger partial charge in [0.05, 0.1) is 16.8 Å². The minimum absolute atomic E-state index is 0.0404. The van der Waals surface area contributed by atoms with Gasteiger partial charge in [0, 0.05) is 6.61 Å². The average molecular weight is 322 g/mol. The highest BCUT2D eigenvalue weighted by molar-refractivity contribution is 14.1. The highest BCUT2D eigenvalue weighted by Crippen LogP contribution is 2.22. The smallest absolute Gasteiger partial charge is 0.133 e. The first-order valence-electron chi connectivity index (χ1n) is 4.87. The van der Waals surface area contributed by atoms with Crippen molar-refractivity contribution in [2.24, 2.45) is 0 Å². The molecule has 0 saturated heterocycles. The topological polar surface area (TPSA) is 38.7 Å². The summed E-state index contributed by atoms with van der Waals surface area (Å²) in [4.78, 5) is 0. The van der Waals surface area contributed by atoms with Gasteiger partial charge in [0.25, 0.3) is 0 Å². The largest absolute Gasteiger partial charge is 0.490 e. The lowest BCUT2D eigenvalue weighted by Gasteiger charge is -2.09. The van der Waals surface area contributed by atoms with E-state index < -0.39 is 0 Å². The summed E-state index contributed by atoms with van der Waals surface area (Å²) in [5, 5.41) is 8.98. The van der Waals surface area contributed by atoms with Crippen LogP contribution < -0.4 is 4.74 Å². The third kappa shape index (κ3) is 4.36. The summed E-state index contributed by atoms with van der Waals surface area (Å²) in [5.74, 6) is 0.807. The van der Waals surface area contributed by atoms with Gasteiger partial charge in [-0.05, 0) is 47.2 Å². The predicted molar refractivity (Wildman–Crippen MR) is 67.1 cm³/mol. The monoisotopic (exact) mass is 322 g/mol. The van der Waals surface area contributed by atoms with Crippen LogP contribution in [0.3, 0.4) is 0 Å². The fourth-order valence-corrected chi connectivity index (χ4v) is 1.60. The van der Waals surface area contributed by atoms with Gasteiger partial charge in [-0.25, -0.2) is 0 Å². The molecule has 84 valence electrons. The Morgan fingerprint density at radius 3 is 2.80 bits per heavy atom. The van der Waals surface area contributed by atoms with E-state index in [1.165, 1.54) is 0 Å². The molecule has 1 aromatic rings. The van der Waals surface area contributed by atoms with Crippen molar-refractivity contribution < 1.29 is 14.6 Å². The molecule has 0 unspecified atom stereocenters. The summed E-state index contributed by atoms with van der Waals surface area (Å²) in [6.45, 7) is 3.83. The van der Waals surface area contributed by atoms with E-state index in [0.29, 0.717) is 19.8 Å². The Labute approximate surface area is 104 Å². The Morgan fingerprint density at radius 2 is 2.13 bits per heavy atom. The number of rotatable bonds is 6. The maximum absolute atomic E-state index is 8.98. The SMILES string of the molecule is CCOCCOc1cc(CO)ccc1I. The molecular formula is C11H15IO3. The van der Waals surface area contributed by atoms with Gasteiger partial charge < -0.3 is 14.6 Å². The zero-order valence-electron chi connectivity index (χ0n) is 8.70. The molecule has 0 spiro atoms. The lowest BCUT2D eigenvalue weighted by Crippen LogP contribution is -2.07. The van der Waals surface area contributed by atoms with Gasteiger partial charge in [-0.3, -0.25) is 0 Å². The first kappa shape index (κ1) is 12.7. The molecule has 3 nitrogen and oxygen atoms in total. The van der Waals surface area contributed by atoms with Gasteiger partial charge >= 0.3 is 0 Å². The van der Waals surface area contributed by atoms with Crippen LogP contribution in [0.2, 0.25) is 0 Å². The molecule has 0 aliphatic carbocycles. The van der Waals surface area contributed by atoms with E-state index in [4.69, 9.17) is 14.6 Å². The quantitative estimate of drug-likeness (QED) is 0.645. The number of halogens is 1. The first-order chi connectivity index (χ1) is 7.27. The molecule has 0 atom stereocenters. The molecule has 0 aliphatic rings. The summed E-state index contributed by atoms with van der Waals surface area (Å²) in [7, 11) is 0. The van der Waals surface area contributed by atoms with Gasteiger partial charge in [-0.15, -0.1) is 0 Å². The van der Waals surface area contributed by atoms with Crippen molar-refractivity contribution in [3.05, 3.63) is 27.3 Å². The molecule has 15 heavy (non-hydrogen) atoms. The molecule has 1 N–H and O–H groups in total. The Bertz CT molecular complexity index is 302. The maximum atomic E-state index is 8.98. The number of hydrogen-bond donors (Lipinski definition) is 1. The number of benzene rings is 1. The third-order valence-electron chi connectivity index (χ3n) is 1.87. The molecule has 0 aromatic heterocycles. The van der Waals surface area contributed by atoms with Crippen molar-refractivity contribution >= 4 is 22.6 Å². The van der Waals surface area contributed by atoms with Crippen LogP contribution in [0.25, 0.3) is 0 Å². The Balaban J connectivity index is 2.51. The van der Waals surface area contributed by atoms with Gasteiger partial charge in [0.1, 0.15) is 12.4 Å². The molecule has 0 fully saturated rings. The standard InChI is InChI=1S/C11H15IO3/c1-2-14-5-6-15-11-7-9(8-13)3-4-10(11)12/h3-4,7,13H,2,5-6,8H2,1H3. The number of hydrogen-bond acceptors (Lipinski definition) is 3. The second kappa shape index (κ2) is 7.03. The highest BCUT2D eigenvalue weighted by atomic mass is 127. The molecule has 0 saturated carbocycles. The summed E-state index contributed by atoms with van der Waals surface area (Å²) in [6, 6.07) is 5.67. The second-order valence-corrected chi connectivity index (χ2v) is 4.13. The van der Waals surface area contributed by atoms with Crippen LogP contribution in [0.5, 0.6) is 5.75 Å². The number of aliphatic hydroxyl groups is 1. The minimum atomic E-state index is 0.0404. The maximum Gasteiger partial charge on any atom is 0.133 e. The van der Waals surface area contributed by atoms with E-state index in [0.717, 1.165) is 14.9 Å². The van der Waals surface area contributed by atoms with E-state index in [1.807, 2.05) is 25.1 Å². The van der Waals surface area contributed by atoms with E-state index in [1.54, 1.807) is 0 Å². The minimum Gasteiger partial charge on any atom is -0.490 e. The predicted octanol–water partition coefficient (Wildman–Crippen LogP) is 2.20. The average Bonchev–Trinajstić information content (AvgIpc) is 2.26. The number of ether oxygens (including phenoxy) is 2. The van der Waals surface area contributed by atoms with E-state index >= 15 is 0 Å². The van der Waals surface area contributed by atoms with E-state index in [2.05, 4.69) is 22.6 Å². The van der Waals surface area contributed by atoms with Gasteiger partial charge in [-0.2, -0.15) is 0 Å². The Morgan fingerprint density at radius 1 is 1.33 bits per heavy atom. The van der Waals surface area contributed by atoms with E-state index in [9.17, 15) is 0 Å². The second-order valence-electron chi connectivity index (χ2n) is 2.97. The molecule has 0 radical (unpaired) electrons. The fourth-order valence-electron chi connectivity index (χ4n) is 1.11. The molecular weight excluding hydrogens is 307 g/mol. The third-order valence-corrected chi connectivity index (χ3v) is 2.76. The molecule has 4 heteroatoms. The fraction of sp³-hybridized carbons (Fsp3) is 0.455. The van der Waals surface area contributed by atoms with Crippen molar-refractivity contribution in [2.45, 2.75) is 13.5 Å². The van der Waals surface area contributed by atoms with Crippen LogP contribution in [0.1, 0.15) is 12.5 Å². The summed E-state index contributed by atoms with van der Waals surface area (Å²) in [6.07, 6.45) is 0. The lowest BCUT2D eigenvalue weighted by atomic mass is 10.2. The van der Waals surface area contributed by atoms with Gasteiger partial charge in [-0.1, -0.05) is 6.07 Å². The number of aliphatic hydroxyl groups excluding tert-OH is 1. The summed E-state index contributed by atoms with van der Waals surface area (Å²) >= 11 is 2.21. The van der Waals surface area contributed by atoms with E-state index in [-0.39, 0.29) is 6.61 Å². The molecule has 0 amide bonds. The van der Waals surface area contributed by atoms with Crippen molar-refractivity contribution in [1.29, 1.82) is 0 Å². The zero-order valence-corrected chi connectivity index (χ0v) is 10.9. The molecule has 0 heterocycles. The van der Waals surface area contributed by atoms with Crippen LogP contribution in [0.4, 0.5) is 0 Å².